The van der Waals surface area contributed by atoms with Gasteiger partial charge in [-0.05, 0) is 96.0 Å². The fourth-order valence-corrected chi connectivity index (χ4v) is 9.12. The van der Waals surface area contributed by atoms with Crippen molar-refractivity contribution in [3.63, 3.8) is 0 Å². The Morgan fingerprint density at radius 1 is 0.268 bits per heavy atom. The first-order chi connectivity index (χ1) is 27.8. The number of hydrogen-bond acceptors (Lipinski definition) is 2. The SMILES string of the molecule is c1ccc(-c2ccc3c(c2)oc2c(-c4c5ccccc5c(-c5cccc6ccccc56)c5cc(-c6ccccc6)ccc45)cc4c5ccccc5oc4c23)cc1. The van der Waals surface area contributed by atoms with Gasteiger partial charge in [-0.15, -0.1) is 0 Å². The number of fused-ring (bicyclic) bond motifs is 10. The summed E-state index contributed by atoms with van der Waals surface area (Å²) in [6, 6.07) is 69.7. The summed E-state index contributed by atoms with van der Waals surface area (Å²) in [5.74, 6) is 0. The van der Waals surface area contributed by atoms with E-state index in [4.69, 9.17) is 8.83 Å². The van der Waals surface area contributed by atoms with Gasteiger partial charge in [-0.3, -0.25) is 0 Å². The van der Waals surface area contributed by atoms with E-state index in [1.165, 1.54) is 54.6 Å². The standard InChI is InChI=1S/C54H32O2/c1-3-14-33(15-4-1)36-26-28-43-45(30-36)50(40-24-13-19-35-18-7-8-20-38(35)40)41-22-9-10-23-42(41)51(43)47-32-46-39-21-11-12-25-48(39)55-53(46)52-44-29-27-37(31-49(44)56-54(47)52)34-16-5-2-6-17-34/h1-32H. The molecule has 0 aliphatic carbocycles. The summed E-state index contributed by atoms with van der Waals surface area (Å²) in [6.45, 7) is 0. The van der Waals surface area contributed by atoms with Crippen LogP contribution in [0, 0.1) is 0 Å². The third kappa shape index (κ3) is 4.57. The van der Waals surface area contributed by atoms with Crippen LogP contribution < -0.4 is 0 Å². The minimum Gasteiger partial charge on any atom is -0.455 e. The van der Waals surface area contributed by atoms with Crippen molar-refractivity contribution in [2.75, 3.05) is 0 Å². The lowest BCUT2D eigenvalue weighted by Gasteiger charge is -2.20. The zero-order valence-corrected chi connectivity index (χ0v) is 30.3. The third-order valence-electron chi connectivity index (χ3n) is 11.7. The third-order valence-corrected chi connectivity index (χ3v) is 11.7. The summed E-state index contributed by atoms with van der Waals surface area (Å²) in [5.41, 5.74) is 12.7. The van der Waals surface area contributed by atoms with E-state index >= 15 is 0 Å². The quantitative estimate of drug-likeness (QED) is 0.170. The van der Waals surface area contributed by atoms with Crippen LogP contribution in [0.1, 0.15) is 0 Å². The molecule has 0 atom stereocenters. The van der Waals surface area contributed by atoms with E-state index in [9.17, 15) is 0 Å². The first-order valence-electron chi connectivity index (χ1n) is 19.2. The smallest absolute Gasteiger partial charge is 0.147 e. The molecule has 10 aromatic carbocycles. The minimum atomic E-state index is 0.827. The van der Waals surface area contributed by atoms with E-state index in [1.54, 1.807) is 0 Å². The van der Waals surface area contributed by atoms with E-state index in [1.807, 2.05) is 6.07 Å². The maximum Gasteiger partial charge on any atom is 0.147 e. The summed E-state index contributed by atoms with van der Waals surface area (Å²) in [4.78, 5) is 0. The molecular weight excluding hydrogens is 681 g/mol. The van der Waals surface area contributed by atoms with E-state index in [2.05, 4.69) is 188 Å². The van der Waals surface area contributed by atoms with Crippen LogP contribution >= 0.6 is 0 Å². The van der Waals surface area contributed by atoms with Crippen molar-refractivity contribution in [3.05, 3.63) is 194 Å². The number of furan rings is 2. The summed E-state index contributed by atoms with van der Waals surface area (Å²) < 4.78 is 13.8. The lowest BCUT2D eigenvalue weighted by Crippen LogP contribution is -1.93. The second-order valence-corrected chi connectivity index (χ2v) is 14.7. The Balaban J connectivity index is 1.26. The molecule has 2 aromatic heterocycles. The monoisotopic (exact) mass is 712 g/mol. The highest BCUT2D eigenvalue weighted by Crippen LogP contribution is 2.51. The van der Waals surface area contributed by atoms with E-state index in [0.29, 0.717) is 0 Å². The lowest BCUT2D eigenvalue weighted by atomic mass is 9.83. The number of para-hydroxylation sites is 1. The van der Waals surface area contributed by atoms with E-state index in [0.717, 1.165) is 66.1 Å². The summed E-state index contributed by atoms with van der Waals surface area (Å²) in [5, 5.41) is 11.4. The van der Waals surface area contributed by atoms with Crippen molar-refractivity contribution >= 4 is 76.2 Å². The summed E-state index contributed by atoms with van der Waals surface area (Å²) in [7, 11) is 0. The molecule has 2 nitrogen and oxygen atoms in total. The average molecular weight is 713 g/mol. The molecule has 12 aromatic rings. The largest absolute Gasteiger partial charge is 0.455 e. The Bertz CT molecular complexity index is 3510. The van der Waals surface area contributed by atoms with Crippen LogP contribution in [0.25, 0.3) is 121 Å². The number of benzene rings is 10. The van der Waals surface area contributed by atoms with Crippen molar-refractivity contribution in [1.29, 1.82) is 0 Å². The van der Waals surface area contributed by atoms with Gasteiger partial charge in [-0.2, -0.15) is 0 Å². The Morgan fingerprint density at radius 3 is 1.57 bits per heavy atom. The lowest BCUT2D eigenvalue weighted by molar-refractivity contribution is 0.663. The molecule has 0 amide bonds. The molecule has 0 aliphatic rings. The average Bonchev–Trinajstić information content (AvgIpc) is 3.84. The molecule has 0 spiro atoms. The van der Waals surface area contributed by atoms with Gasteiger partial charge in [-0.25, -0.2) is 0 Å². The van der Waals surface area contributed by atoms with Crippen LogP contribution in [-0.2, 0) is 0 Å². The van der Waals surface area contributed by atoms with Crippen molar-refractivity contribution in [2.24, 2.45) is 0 Å². The van der Waals surface area contributed by atoms with E-state index < -0.39 is 0 Å². The Kier molecular flexibility index (Phi) is 6.66. The molecule has 0 saturated heterocycles. The zero-order valence-electron chi connectivity index (χ0n) is 30.3. The number of rotatable bonds is 4. The highest BCUT2D eigenvalue weighted by atomic mass is 16.3. The molecule has 0 N–H and O–H groups in total. The number of hydrogen-bond donors (Lipinski definition) is 0. The van der Waals surface area contributed by atoms with Gasteiger partial charge in [-0.1, -0.05) is 164 Å². The second-order valence-electron chi connectivity index (χ2n) is 14.7. The van der Waals surface area contributed by atoms with Crippen LogP contribution in [0.5, 0.6) is 0 Å². The van der Waals surface area contributed by atoms with Gasteiger partial charge in [0.15, 0.2) is 0 Å². The van der Waals surface area contributed by atoms with Crippen LogP contribution in [0.4, 0.5) is 0 Å². The van der Waals surface area contributed by atoms with Crippen molar-refractivity contribution < 1.29 is 8.83 Å². The molecule has 0 bridgehead atoms. The van der Waals surface area contributed by atoms with Gasteiger partial charge in [0.1, 0.15) is 22.3 Å². The van der Waals surface area contributed by atoms with Gasteiger partial charge in [0.05, 0.1) is 5.39 Å². The van der Waals surface area contributed by atoms with Crippen LogP contribution in [0.2, 0.25) is 0 Å². The van der Waals surface area contributed by atoms with Crippen LogP contribution in [0.15, 0.2) is 203 Å². The first kappa shape index (κ1) is 31.0. The van der Waals surface area contributed by atoms with E-state index in [-0.39, 0.29) is 0 Å². The maximum absolute atomic E-state index is 7.11. The second kappa shape index (κ2) is 12.0. The van der Waals surface area contributed by atoms with Gasteiger partial charge in [0.25, 0.3) is 0 Å². The Hall–Kier alpha value is -7.42. The molecular formula is C54H32O2. The Labute approximate surface area is 322 Å². The molecule has 2 heteroatoms. The molecule has 0 radical (unpaired) electrons. The molecule has 56 heavy (non-hydrogen) atoms. The predicted molar refractivity (Wildman–Crippen MR) is 235 cm³/mol. The first-order valence-corrected chi connectivity index (χ1v) is 19.2. The highest BCUT2D eigenvalue weighted by Gasteiger charge is 2.25. The van der Waals surface area contributed by atoms with Crippen molar-refractivity contribution in [1.82, 2.24) is 0 Å². The molecule has 0 aliphatic heterocycles. The molecule has 0 fully saturated rings. The Morgan fingerprint density at radius 2 is 0.821 bits per heavy atom. The van der Waals surface area contributed by atoms with Gasteiger partial charge in [0, 0.05) is 27.3 Å². The molecule has 0 saturated carbocycles. The predicted octanol–water partition coefficient (Wildman–Crippen LogP) is 15.6. The van der Waals surface area contributed by atoms with Crippen molar-refractivity contribution in [2.45, 2.75) is 0 Å². The molecule has 0 unspecified atom stereocenters. The van der Waals surface area contributed by atoms with Crippen molar-refractivity contribution in [3.8, 4) is 44.5 Å². The normalized spacial score (nSPS) is 11.9. The van der Waals surface area contributed by atoms with Gasteiger partial charge >= 0.3 is 0 Å². The topological polar surface area (TPSA) is 26.3 Å². The summed E-state index contributed by atoms with van der Waals surface area (Å²) >= 11 is 0. The fourth-order valence-electron chi connectivity index (χ4n) is 9.12. The minimum absolute atomic E-state index is 0.827. The maximum atomic E-state index is 7.11. The fraction of sp³-hybridized carbons (Fsp3) is 0. The van der Waals surface area contributed by atoms with Gasteiger partial charge in [0.2, 0.25) is 0 Å². The highest BCUT2D eigenvalue weighted by molar-refractivity contribution is 6.30. The molecule has 260 valence electrons. The van der Waals surface area contributed by atoms with Crippen LogP contribution in [0.3, 0.4) is 0 Å². The molecule has 12 rings (SSSR count). The summed E-state index contributed by atoms with van der Waals surface area (Å²) in [6.07, 6.45) is 0. The zero-order chi connectivity index (χ0) is 36.7. The molecule has 2 heterocycles. The van der Waals surface area contributed by atoms with Gasteiger partial charge < -0.3 is 8.83 Å². The van der Waals surface area contributed by atoms with Crippen LogP contribution in [-0.4, -0.2) is 0 Å².